The molecule has 0 radical (unpaired) electrons. The molecule has 2 heterocycles. The summed E-state index contributed by atoms with van der Waals surface area (Å²) in [5, 5.41) is 7.55. The average Bonchev–Trinajstić information content (AvgIpc) is 2.42. The molecule has 0 saturated carbocycles. The Labute approximate surface area is 81.3 Å². The smallest absolute Gasteiger partial charge is 0.183 e. The van der Waals surface area contributed by atoms with Crippen molar-refractivity contribution in [2.45, 2.75) is 29.9 Å². The number of hydrogen-bond acceptors (Lipinski definition) is 4. The predicted molar refractivity (Wildman–Crippen MR) is 55.2 cm³/mol. The van der Waals surface area contributed by atoms with Gasteiger partial charge in [0.2, 0.25) is 0 Å². The molecule has 68 valence electrons. The zero-order valence-electron chi connectivity index (χ0n) is 7.35. The lowest BCUT2D eigenvalue weighted by Gasteiger charge is -2.33. The van der Waals surface area contributed by atoms with Crippen molar-refractivity contribution < 1.29 is 4.74 Å². The Hall–Kier alpha value is 0.170. The van der Waals surface area contributed by atoms with Gasteiger partial charge < -0.3 is 4.74 Å². The van der Waals surface area contributed by atoms with Crippen LogP contribution in [0.1, 0.15) is 20.3 Å². The summed E-state index contributed by atoms with van der Waals surface area (Å²) in [5.74, 6) is 2.86. The fraction of sp³-hybridized carbons (Fsp3) is 0.875. The minimum atomic E-state index is -0.157. The maximum Gasteiger partial charge on any atom is 0.183 e. The summed E-state index contributed by atoms with van der Waals surface area (Å²) in [6, 6.07) is 0. The van der Waals surface area contributed by atoms with Gasteiger partial charge in [-0.3, -0.25) is 5.41 Å². The van der Waals surface area contributed by atoms with Crippen molar-refractivity contribution in [2.24, 2.45) is 0 Å². The van der Waals surface area contributed by atoms with Crippen LogP contribution in [-0.4, -0.2) is 27.1 Å². The van der Waals surface area contributed by atoms with Crippen molar-refractivity contribution in [1.29, 1.82) is 5.41 Å². The minimum Gasteiger partial charge on any atom is -0.473 e. The van der Waals surface area contributed by atoms with Crippen LogP contribution < -0.4 is 0 Å². The van der Waals surface area contributed by atoms with E-state index in [0.29, 0.717) is 5.90 Å². The number of nitrogens with one attached hydrogen (secondary N) is 1. The van der Waals surface area contributed by atoms with Crippen LogP contribution in [0.3, 0.4) is 0 Å². The fourth-order valence-corrected chi connectivity index (χ4v) is 5.15. The molecule has 0 unspecified atom stereocenters. The van der Waals surface area contributed by atoms with Crippen molar-refractivity contribution >= 4 is 29.4 Å². The van der Waals surface area contributed by atoms with Crippen LogP contribution in [0.2, 0.25) is 0 Å². The van der Waals surface area contributed by atoms with Crippen molar-refractivity contribution in [2.75, 3.05) is 11.5 Å². The molecule has 0 aromatic carbocycles. The van der Waals surface area contributed by atoms with Gasteiger partial charge in [0.1, 0.15) is 9.68 Å². The van der Waals surface area contributed by atoms with Crippen LogP contribution in [0, 0.1) is 5.41 Å². The van der Waals surface area contributed by atoms with Crippen LogP contribution >= 0.6 is 23.5 Å². The maximum absolute atomic E-state index is 7.55. The third-order valence-corrected chi connectivity index (χ3v) is 6.43. The van der Waals surface area contributed by atoms with Crippen molar-refractivity contribution in [3.8, 4) is 0 Å². The second-order valence-electron chi connectivity index (χ2n) is 3.66. The molecule has 0 amide bonds. The van der Waals surface area contributed by atoms with Crippen LogP contribution in [0.15, 0.2) is 0 Å². The lowest BCUT2D eigenvalue weighted by atomic mass is 10.0. The summed E-state index contributed by atoms with van der Waals surface area (Å²) >= 11 is 3.92. The van der Waals surface area contributed by atoms with Crippen LogP contribution in [0.25, 0.3) is 0 Å². The molecule has 1 N–H and O–H groups in total. The van der Waals surface area contributed by atoms with Gasteiger partial charge in [-0.05, 0) is 13.8 Å². The van der Waals surface area contributed by atoms with E-state index in [1.165, 1.54) is 11.5 Å². The molecule has 0 aromatic rings. The molecule has 2 aliphatic rings. The van der Waals surface area contributed by atoms with Gasteiger partial charge in [0.15, 0.2) is 5.90 Å². The van der Waals surface area contributed by atoms with E-state index < -0.39 is 0 Å². The first-order chi connectivity index (χ1) is 5.56. The van der Waals surface area contributed by atoms with E-state index in [-0.39, 0.29) is 9.68 Å². The van der Waals surface area contributed by atoms with Gasteiger partial charge in [-0.1, -0.05) is 0 Å². The number of rotatable bonds is 0. The predicted octanol–water partition coefficient (Wildman–Crippen LogP) is 2.34. The summed E-state index contributed by atoms with van der Waals surface area (Å²) in [6.07, 6.45) is 0.801. The molecule has 2 rings (SSSR count). The Morgan fingerprint density at radius 3 is 2.33 bits per heavy atom. The molecule has 12 heavy (non-hydrogen) atoms. The molecule has 2 nitrogen and oxygen atoms in total. The molecular formula is C8H13NOS2. The van der Waals surface area contributed by atoms with Gasteiger partial charge in [0.05, 0.1) is 6.42 Å². The Bertz CT molecular complexity index is 221. The molecule has 0 bridgehead atoms. The molecule has 2 saturated heterocycles. The Kier molecular flexibility index (Phi) is 1.88. The Balaban J connectivity index is 2.29. The first kappa shape index (κ1) is 8.75. The van der Waals surface area contributed by atoms with E-state index in [1.54, 1.807) is 0 Å². The van der Waals surface area contributed by atoms with Gasteiger partial charge in [-0.25, -0.2) is 0 Å². The highest BCUT2D eigenvalue weighted by Crippen LogP contribution is 2.57. The quantitative estimate of drug-likeness (QED) is 0.656. The average molecular weight is 203 g/mol. The normalized spacial score (nSPS) is 31.0. The van der Waals surface area contributed by atoms with Crippen molar-refractivity contribution in [3.05, 3.63) is 0 Å². The zero-order chi connectivity index (χ0) is 8.82. The van der Waals surface area contributed by atoms with E-state index in [9.17, 15) is 0 Å². The highest BCUT2D eigenvalue weighted by Gasteiger charge is 2.56. The second kappa shape index (κ2) is 2.58. The summed E-state index contributed by atoms with van der Waals surface area (Å²) < 4.78 is 5.67. The first-order valence-electron chi connectivity index (χ1n) is 4.10. The first-order valence-corrected chi connectivity index (χ1v) is 6.07. The topological polar surface area (TPSA) is 33.1 Å². The molecular weight excluding hydrogens is 190 g/mol. The lowest BCUT2D eigenvalue weighted by Crippen LogP contribution is -2.38. The van der Waals surface area contributed by atoms with E-state index in [2.05, 4.69) is 13.8 Å². The lowest BCUT2D eigenvalue weighted by molar-refractivity contribution is 0.119. The van der Waals surface area contributed by atoms with Crippen LogP contribution in [0.4, 0.5) is 0 Å². The van der Waals surface area contributed by atoms with Gasteiger partial charge >= 0.3 is 0 Å². The number of thioether (sulfide) groups is 2. The minimum absolute atomic E-state index is 0.143. The molecule has 4 heteroatoms. The maximum atomic E-state index is 7.55. The van der Waals surface area contributed by atoms with Crippen LogP contribution in [0.5, 0.6) is 0 Å². The fourth-order valence-electron chi connectivity index (χ4n) is 1.75. The third kappa shape index (κ3) is 1.08. The summed E-state index contributed by atoms with van der Waals surface area (Å²) in [6.45, 7) is 4.19. The SMILES string of the molecule is CC1(C)OC(=N)CC12SCCS2. The molecule has 0 atom stereocenters. The molecule has 1 spiro atoms. The van der Waals surface area contributed by atoms with Gasteiger partial charge in [0.25, 0.3) is 0 Å². The van der Waals surface area contributed by atoms with E-state index in [4.69, 9.17) is 10.1 Å². The molecule has 2 fully saturated rings. The zero-order valence-corrected chi connectivity index (χ0v) is 8.98. The summed E-state index contributed by atoms with van der Waals surface area (Å²) in [4.78, 5) is 0. The number of hydrogen-bond donors (Lipinski definition) is 1. The van der Waals surface area contributed by atoms with Gasteiger partial charge in [-0.2, -0.15) is 0 Å². The highest BCUT2D eigenvalue weighted by molar-refractivity contribution is 8.21. The van der Waals surface area contributed by atoms with Crippen molar-refractivity contribution in [1.82, 2.24) is 0 Å². The molecule has 2 aliphatic heterocycles. The van der Waals surface area contributed by atoms with Gasteiger partial charge in [0, 0.05) is 11.5 Å². The monoisotopic (exact) mass is 203 g/mol. The second-order valence-corrected chi connectivity index (χ2v) is 6.71. The third-order valence-electron chi connectivity index (χ3n) is 2.44. The van der Waals surface area contributed by atoms with Gasteiger partial charge in [-0.15, -0.1) is 23.5 Å². The summed E-state index contributed by atoms with van der Waals surface area (Å²) in [7, 11) is 0. The summed E-state index contributed by atoms with van der Waals surface area (Å²) in [5.41, 5.74) is -0.157. The largest absolute Gasteiger partial charge is 0.473 e. The van der Waals surface area contributed by atoms with Crippen molar-refractivity contribution in [3.63, 3.8) is 0 Å². The molecule has 0 aliphatic carbocycles. The van der Waals surface area contributed by atoms with E-state index in [1.807, 2.05) is 23.5 Å². The van der Waals surface area contributed by atoms with E-state index >= 15 is 0 Å². The molecule has 0 aromatic heterocycles. The highest BCUT2D eigenvalue weighted by atomic mass is 32.2. The Morgan fingerprint density at radius 2 is 1.92 bits per heavy atom. The standard InChI is InChI=1S/C8H13NOS2/c1-7(2)8(5-6(9)10-7)11-3-4-12-8/h9H,3-5H2,1-2H3. The Morgan fingerprint density at radius 1 is 1.33 bits per heavy atom. The van der Waals surface area contributed by atoms with Crippen LogP contribution in [-0.2, 0) is 4.74 Å². The number of ether oxygens (including phenoxy) is 1. The van der Waals surface area contributed by atoms with E-state index in [0.717, 1.165) is 6.42 Å².